The van der Waals surface area contributed by atoms with Gasteiger partial charge in [-0.3, -0.25) is 18.4 Å². The lowest BCUT2D eigenvalue weighted by molar-refractivity contribution is -1.04. The Balaban J connectivity index is 1.32. The molecule has 6 aromatic rings. The van der Waals surface area contributed by atoms with Crippen molar-refractivity contribution in [2.75, 3.05) is 14.1 Å². The largest absolute Gasteiger partial charge is 0.289 e. The Bertz CT molecular complexity index is 2010. The highest BCUT2D eigenvalue weighted by molar-refractivity contribution is 5.25. The molecule has 1 saturated heterocycles. The first-order valence-corrected chi connectivity index (χ1v) is 22.3. The van der Waals surface area contributed by atoms with Crippen molar-refractivity contribution in [3.63, 3.8) is 0 Å². The van der Waals surface area contributed by atoms with Crippen molar-refractivity contribution in [2.45, 2.75) is 104 Å². The van der Waals surface area contributed by atoms with Crippen LogP contribution in [0, 0.1) is 39.5 Å². The van der Waals surface area contributed by atoms with Gasteiger partial charge in [0.1, 0.15) is 26.2 Å². The molecule has 4 heteroatoms. The van der Waals surface area contributed by atoms with Gasteiger partial charge < -0.3 is 0 Å². The Morgan fingerprint density at radius 2 is 0.683 bits per heavy atom. The summed E-state index contributed by atoms with van der Waals surface area (Å²) in [6, 6.07) is 58.9. The fraction of sp³-hybridized carbons (Fsp3) is 0.357. The van der Waals surface area contributed by atoms with Crippen molar-refractivity contribution in [3.05, 3.63) is 213 Å². The van der Waals surface area contributed by atoms with Crippen LogP contribution in [0.1, 0.15) is 74.9 Å². The molecule has 1 saturated carbocycles. The number of rotatable bonds is 14. The summed E-state index contributed by atoms with van der Waals surface area (Å²) in [6.07, 6.45) is 4.59. The molecule has 310 valence electrons. The van der Waals surface area contributed by atoms with Crippen LogP contribution < -0.4 is 0 Å². The quantitative estimate of drug-likeness (QED) is 0.102. The van der Waals surface area contributed by atoms with Crippen LogP contribution in [-0.2, 0) is 48.5 Å². The van der Waals surface area contributed by atoms with Crippen molar-refractivity contribution < 1.29 is 18.4 Å². The van der Waals surface area contributed by atoms with E-state index in [4.69, 9.17) is 9.47 Å². The zero-order chi connectivity index (χ0) is 41.7. The van der Waals surface area contributed by atoms with E-state index in [0.717, 1.165) is 58.3 Å². The van der Waals surface area contributed by atoms with Gasteiger partial charge in [0.15, 0.2) is 5.79 Å². The first-order chi connectivity index (χ1) is 29.0. The van der Waals surface area contributed by atoms with E-state index in [9.17, 15) is 0 Å². The molecule has 8 rings (SSSR count). The van der Waals surface area contributed by atoms with Crippen LogP contribution in [0.2, 0.25) is 0 Å². The Morgan fingerprint density at radius 1 is 0.400 bits per heavy atom. The number of hydrogen-bond acceptors (Lipinski definition) is 2. The lowest BCUT2D eigenvalue weighted by atomic mass is 9.71. The van der Waals surface area contributed by atoms with Crippen LogP contribution in [0.25, 0.3) is 0 Å². The van der Waals surface area contributed by atoms with E-state index in [1.165, 1.54) is 55.6 Å². The number of ether oxygens (including phenoxy) is 2. The normalized spacial score (nSPS) is 20.4. The van der Waals surface area contributed by atoms with Crippen LogP contribution in [0.15, 0.2) is 158 Å². The molecule has 4 atom stereocenters. The molecule has 60 heavy (non-hydrogen) atoms. The number of nitrogens with zero attached hydrogens (tertiary/aromatic N) is 2. The highest BCUT2D eigenvalue weighted by atomic mass is 16.8. The smallest absolute Gasteiger partial charge is 0.277 e. The molecule has 2 fully saturated rings. The minimum Gasteiger partial charge on any atom is -0.289 e. The molecule has 1 heterocycles. The summed E-state index contributed by atoms with van der Waals surface area (Å²) in [5.41, 5.74) is 13.1. The molecule has 0 N–H and O–H groups in total. The van der Waals surface area contributed by atoms with Crippen molar-refractivity contribution in [2.24, 2.45) is 11.8 Å². The van der Waals surface area contributed by atoms with Gasteiger partial charge in [-0.1, -0.05) is 186 Å². The van der Waals surface area contributed by atoms with Crippen LogP contribution in [0.4, 0.5) is 0 Å². The molecule has 4 nitrogen and oxygen atoms in total. The molecule has 0 amide bonds. The summed E-state index contributed by atoms with van der Waals surface area (Å²) in [5.74, 6) is -0.414. The third-order valence-electron chi connectivity index (χ3n) is 13.6. The highest BCUT2D eigenvalue weighted by Gasteiger charge is 2.67. The standard InChI is InChI=1S/C56H66N2O2/c1-42-20-28-48(29-21-42)38-57(5,39-49-30-22-43(2)23-31-49)54-55(58(6,40-50-32-24-44(3)25-33-50)41-51-34-26-45(4)27-35-51)60-56(59-54)52(36-46-14-9-7-10-15-46)18-13-19-53(56)37-47-16-11-8-12-17-47/h7-12,14-17,20-35,52-55H,13,18-19,36-41H2,1-6H3/q+2/t52?,53?,54-,55-/m1/s1. The fourth-order valence-electron chi connectivity index (χ4n) is 10.3. The summed E-state index contributed by atoms with van der Waals surface area (Å²) in [4.78, 5) is 0. The van der Waals surface area contributed by atoms with Gasteiger partial charge in [-0.2, -0.15) is 0 Å². The monoisotopic (exact) mass is 799 g/mol. The number of hydrogen-bond donors (Lipinski definition) is 0. The minimum atomic E-state index is -0.792. The fourth-order valence-corrected chi connectivity index (χ4v) is 10.3. The summed E-state index contributed by atoms with van der Waals surface area (Å²) >= 11 is 0. The second kappa shape index (κ2) is 18.0. The molecule has 1 spiro atoms. The summed E-state index contributed by atoms with van der Waals surface area (Å²) in [6.45, 7) is 12.0. The van der Waals surface area contributed by atoms with E-state index in [0.29, 0.717) is 8.97 Å². The molecule has 1 aliphatic heterocycles. The number of benzene rings is 6. The van der Waals surface area contributed by atoms with Gasteiger partial charge in [0.2, 0.25) is 0 Å². The molecule has 0 aromatic heterocycles. The van der Waals surface area contributed by atoms with Crippen LogP contribution in [0.3, 0.4) is 0 Å². The van der Waals surface area contributed by atoms with Gasteiger partial charge in [-0.05, 0) is 64.5 Å². The molecule has 0 radical (unpaired) electrons. The van der Waals surface area contributed by atoms with Crippen LogP contribution in [-0.4, -0.2) is 41.3 Å². The zero-order valence-corrected chi connectivity index (χ0v) is 36.9. The molecular formula is C56H66N2O2+2. The number of aryl methyl sites for hydroxylation is 4. The molecule has 6 aromatic carbocycles. The maximum Gasteiger partial charge on any atom is 0.277 e. The predicted molar refractivity (Wildman–Crippen MR) is 246 cm³/mol. The summed E-state index contributed by atoms with van der Waals surface area (Å²) in [5, 5.41) is 0. The minimum absolute atomic E-state index is 0.189. The van der Waals surface area contributed by atoms with Crippen molar-refractivity contribution in [1.29, 1.82) is 0 Å². The Labute approximate surface area is 360 Å². The van der Waals surface area contributed by atoms with E-state index in [1.54, 1.807) is 0 Å². The van der Waals surface area contributed by atoms with Gasteiger partial charge in [-0.15, -0.1) is 0 Å². The molecule has 1 aliphatic carbocycles. The Morgan fingerprint density at radius 3 is 0.967 bits per heavy atom. The first kappa shape index (κ1) is 41.9. The van der Waals surface area contributed by atoms with Gasteiger partial charge in [0.25, 0.3) is 12.5 Å². The maximum atomic E-state index is 8.22. The zero-order valence-electron chi connectivity index (χ0n) is 36.9. The molecule has 2 aliphatic rings. The van der Waals surface area contributed by atoms with Crippen LogP contribution in [0.5, 0.6) is 0 Å². The number of quaternary nitrogens is 2. The average molecular weight is 799 g/mol. The van der Waals surface area contributed by atoms with Crippen molar-refractivity contribution in [3.8, 4) is 0 Å². The first-order valence-electron chi connectivity index (χ1n) is 22.3. The molecular weight excluding hydrogens is 733 g/mol. The second-order valence-corrected chi connectivity index (χ2v) is 19.0. The molecule has 0 bridgehead atoms. The Hall–Kier alpha value is -4.84. The topological polar surface area (TPSA) is 18.5 Å². The predicted octanol–water partition coefficient (Wildman–Crippen LogP) is 12.2. The van der Waals surface area contributed by atoms with E-state index < -0.39 is 5.79 Å². The van der Waals surface area contributed by atoms with E-state index in [-0.39, 0.29) is 24.3 Å². The summed E-state index contributed by atoms with van der Waals surface area (Å²) < 4.78 is 17.8. The average Bonchev–Trinajstić information content (AvgIpc) is 3.67. The van der Waals surface area contributed by atoms with Gasteiger partial charge >= 0.3 is 0 Å². The van der Waals surface area contributed by atoms with E-state index in [2.05, 4.69) is 200 Å². The van der Waals surface area contributed by atoms with Gasteiger partial charge in [0, 0.05) is 34.1 Å². The van der Waals surface area contributed by atoms with Crippen molar-refractivity contribution >= 4 is 0 Å². The second-order valence-electron chi connectivity index (χ2n) is 19.0. The third kappa shape index (κ3) is 9.54. The van der Waals surface area contributed by atoms with Crippen molar-refractivity contribution in [1.82, 2.24) is 0 Å². The van der Waals surface area contributed by atoms with Gasteiger partial charge in [0.05, 0.1) is 14.1 Å². The van der Waals surface area contributed by atoms with Crippen LogP contribution >= 0.6 is 0 Å². The number of likely N-dealkylation sites (N-methyl/N-ethyl adjacent to an activating group) is 2. The third-order valence-corrected chi connectivity index (χ3v) is 13.6. The lowest BCUT2D eigenvalue weighted by Crippen LogP contribution is -2.64. The highest BCUT2D eigenvalue weighted by Crippen LogP contribution is 2.53. The lowest BCUT2D eigenvalue weighted by Gasteiger charge is -2.46. The Kier molecular flexibility index (Phi) is 12.6. The summed E-state index contributed by atoms with van der Waals surface area (Å²) in [7, 11) is 4.90. The van der Waals surface area contributed by atoms with E-state index in [1.807, 2.05) is 0 Å². The van der Waals surface area contributed by atoms with Gasteiger partial charge in [-0.25, -0.2) is 0 Å². The maximum absolute atomic E-state index is 8.22. The SMILES string of the molecule is Cc1ccc(C[N+](C)(Cc2ccc(C)cc2)[C@@H]2OC3(O[C@H]2[N+](C)(Cc2ccc(C)cc2)Cc2ccc(C)cc2)C(Cc2ccccc2)CCCC3Cc2ccccc2)cc1. The molecule has 2 unspecified atom stereocenters. The van der Waals surface area contributed by atoms with E-state index >= 15 is 0 Å².